The molecule has 0 radical (unpaired) electrons. The zero-order chi connectivity index (χ0) is 13.8. The number of hydrogen-bond donors (Lipinski definition) is 1. The van der Waals surface area contributed by atoms with Crippen molar-refractivity contribution in [1.29, 1.82) is 0 Å². The van der Waals surface area contributed by atoms with E-state index in [1.165, 1.54) is 38.5 Å². The molecule has 3 nitrogen and oxygen atoms in total. The third-order valence-electron chi connectivity index (χ3n) is 3.16. The van der Waals surface area contributed by atoms with Gasteiger partial charge in [-0.1, -0.05) is 58.8 Å². The van der Waals surface area contributed by atoms with E-state index in [0.29, 0.717) is 12.2 Å². The van der Waals surface area contributed by atoms with E-state index in [9.17, 15) is 9.00 Å². The second-order valence-corrected chi connectivity index (χ2v) is 6.53. The number of carbonyl (C=O) groups is 1. The smallest absolute Gasteiger partial charge is 0.319 e. The summed E-state index contributed by atoms with van der Waals surface area (Å²) in [5, 5.41) is 8.20. The van der Waals surface area contributed by atoms with Crippen LogP contribution >= 0.6 is 0 Å². The Bertz CT molecular complexity index is 241. The van der Waals surface area contributed by atoms with Crippen molar-refractivity contribution in [2.75, 3.05) is 5.75 Å². The van der Waals surface area contributed by atoms with E-state index in [0.717, 1.165) is 12.8 Å². The average Bonchev–Trinajstić information content (AvgIpc) is 2.33. The molecular formula is C14H28O3S. The van der Waals surface area contributed by atoms with Gasteiger partial charge in [0.05, 0.1) is 0 Å². The van der Waals surface area contributed by atoms with Crippen LogP contribution in [0, 0.1) is 0 Å². The van der Waals surface area contributed by atoms with E-state index >= 15 is 0 Å². The Balaban J connectivity index is 3.48. The summed E-state index contributed by atoms with van der Waals surface area (Å²) in [6.07, 6.45) is 10.1. The van der Waals surface area contributed by atoms with Crippen LogP contribution in [0.4, 0.5) is 0 Å². The first-order valence-corrected chi connectivity index (χ1v) is 8.61. The number of carboxylic acid groups (broad SMARTS) is 1. The molecule has 0 saturated heterocycles. The van der Waals surface area contributed by atoms with Crippen LogP contribution in [0.5, 0.6) is 0 Å². The molecule has 0 bridgehead atoms. The molecule has 108 valence electrons. The normalized spacial score (nSPS) is 14.3. The molecule has 4 heteroatoms. The van der Waals surface area contributed by atoms with Gasteiger partial charge < -0.3 is 5.11 Å². The van der Waals surface area contributed by atoms with Crippen LogP contribution in [0.25, 0.3) is 0 Å². The zero-order valence-electron chi connectivity index (χ0n) is 11.8. The first-order valence-electron chi connectivity index (χ1n) is 7.23. The molecule has 0 aromatic heterocycles. The van der Waals surface area contributed by atoms with Gasteiger partial charge in [0.1, 0.15) is 5.25 Å². The maximum atomic E-state index is 11.7. The molecular weight excluding hydrogens is 248 g/mol. The molecule has 0 saturated carbocycles. The van der Waals surface area contributed by atoms with Crippen LogP contribution in [-0.2, 0) is 15.6 Å². The number of hydrogen-bond acceptors (Lipinski definition) is 2. The molecule has 18 heavy (non-hydrogen) atoms. The summed E-state index contributed by atoms with van der Waals surface area (Å²) in [4.78, 5) is 10.8. The van der Waals surface area contributed by atoms with E-state index in [2.05, 4.69) is 6.92 Å². The van der Waals surface area contributed by atoms with Gasteiger partial charge in [0, 0.05) is 16.6 Å². The fraction of sp³-hybridized carbons (Fsp3) is 0.929. The first-order chi connectivity index (χ1) is 8.63. The van der Waals surface area contributed by atoms with Gasteiger partial charge in [-0.05, 0) is 12.8 Å². The van der Waals surface area contributed by atoms with Crippen molar-refractivity contribution in [1.82, 2.24) is 0 Å². The highest BCUT2D eigenvalue weighted by Gasteiger charge is 2.21. The van der Waals surface area contributed by atoms with Crippen molar-refractivity contribution < 1.29 is 14.1 Å². The number of carboxylic acids is 1. The van der Waals surface area contributed by atoms with Gasteiger partial charge in [0.15, 0.2) is 0 Å². The Hall–Kier alpha value is -0.380. The Kier molecular flexibility index (Phi) is 11.4. The van der Waals surface area contributed by atoms with Crippen molar-refractivity contribution >= 4 is 16.8 Å². The SMILES string of the molecule is CCCCCCCCCCS(=O)C(CC)C(=O)O. The second-order valence-electron chi connectivity index (χ2n) is 4.79. The summed E-state index contributed by atoms with van der Waals surface area (Å²) < 4.78 is 11.7. The number of rotatable bonds is 12. The lowest BCUT2D eigenvalue weighted by atomic mass is 10.1. The summed E-state index contributed by atoms with van der Waals surface area (Å²) in [5.41, 5.74) is 0. The van der Waals surface area contributed by atoms with Crippen LogP contribution in [-0.4, -0.2) is 26.3 Å². The van der Waals surface area contributed by atoms with Gasteiger partial charge in [-0.2, -0.15) is 0 Å². The highest BCUT2D eigenvalue weighted by atomic mass is 32.2. The molecule has 0 aliphatic rings. The van der Waals surface area contributed by atoms with Crippen LogP contribution in [0.3, 0.4) is 0 Å². The quantitative estimate of drug-likeness (QED) is 0.552. The van der Waals surface area contributed by atoms with Gasteiger partial charge in [-0.3, -0.25) is 9.00 Å². The highest BCUT2D eigenvalue weighted by molar-refractivity contribution is 7.86. The van der Waals surface area contributed by atoms with E-state index in [-0.39, 0.29) is 0 Å². The standard InChI is InChI=1S/C14H28O3S/c1-3-5-6-7-8-9-10-11-12-18(17)13(4-2)14(15)16/h13H,3-12H2,1-2H3,(H,15,16). The summed E-state index contributed by atoms with van der Waals surface area (Å²) in [7, 11) is -1.20. The molecule has 1 N–H and O–H groups in total. The summed E-state index contributed by atoms with van der Waals surface area (Å²) in [5.74, 6) is -0.379. The monoisotopic (exact) mass is 276 g/mol. The van der Waals surface area contributed by atoms with Gasteiger partial charge in [-0.15, -0.1) is 0 Å². The third kappa shape index (κ3) is 8.67. The fourth-order valence-corrected chi connectivity index (χ4v) is 3.36. The maximum absolute atomic E-state index is 11.7. The molecule has 2 atom stereocenters. The van der Waals surface area contributed by atoms with Crippen LogP contribution in [0.15, 0.2) is 0 Å². The summed E-state index contributed by atoms with van der Waals surface area (Å²) >= 11 is 0. The van der Waals surface area contributed by atoms with E-state index < -0.39 is 22.0 Å². The van der Waals surface area contributed by atoms with Crippen molar-refractivity contribution in [3.63, 3.8) is 0 Å². The van der Waals surface area contributed by atoms with Gasteiger partial charge in [0.25, 0.3) is 0 Å². The second kappa shape index (κ2) is 11.7. The van der Waals surface area contributed by atoms with Crippen LogP contribution in [0.1, 0.15) is 71.6 Å². The van der Waals surface area contributed by atoms with Gasteiger partial charge in [0.2, 0.25) is 0 Å². The maximum Gasteiger partial charge on any atom is 0.319 e. The molecule has 0 heterocycles. The Labute approximate surface area is 114 Å². The molecule has 2 unspecified atom stereocenters. The topological polar surface area (TPSA) is 54.4 Å². The molecule has 0 aromatic rings. The number of unbranched alkanes of at least 4 members (excludes halogenated alkanes) is 7. The van der Waals surface area contributed by atoms with E-state index in [4.69, 9.17) is 5.11 Å². The molecule has 0 aliphatic heterocycles. The zero-order valence-corrected chi connectivity index (χ0v) is 12.6. The highest BCUT2D eigenvalue weighted by Crippen LogP contribution is 2.10. The predicted octanol–water partition coefficient (Wildman–Crippen LogP) is 3.74. The van der Waals surface area contributed by atoms with E-state index in [1.54, 1.807) is 6.92 Å². The average molecular weight is 276 g/mol. The summed E-state index contributed by atoms with van der Waals surface area (Å²) in [6.45, 7) is 3.99. The predicted molar refractivity (Wildman–Crippen MR) is 77.3 cm³/mol. The fourth-order valence-electron chi connectivity index (χ4n) is 1.99. The minimum Gasteiger partial charge on any atom is -0.480 e. The van der Waals surface area contributed by atoms with Crippen molar-refractivity contribution in [3.8, 4) is 0 Å². The van der Waals surface area contributed by atoms with E-state index in [1.807, 2.05) is 0 Å². The van der Waals surface area contributed by atoms with Crippen molar-refractivity contribution in [2.24, 2.45) is 0 Å². The molecule has 0 fully saturated rings. The molecule has 0 aromatic carbocycles. The lowest BCUT2D eigenvalue weighted by molar-refractivity contribution is -0.136. The number of aliphatic carboxylic acids is 1. The third-order valence-corrected chi connectivity index (χ3v) is 5.02. The molecule has 0 rings (SSSR count). The Morgan fingerprint density at radius 3 is 1.94 bits per heavy atom. The lowest BCUT2D eigenvalue weighted by Gasteiger charge is -2.09. The van der Waals surface area contributed by atoms with Gasteiger partial charge in [-0.25, -0.2) is 0 Å². The molecule has 0 amide bonds. The van der Waals surface area contributed by atoms with Crippen LogP contribution < -0.4 is 0 Å². The lowest BCUT2D eigenvalue weighted by Crippen LogP contribution is -2.26. The Morgan fingerprint density at radius 2 is 1.50 bits per heavy atom. The van der Waals surface area contributed by atoms with Crippen molar-refractivity contribution in [2.45, 2.75) is 76.9 Å². The molecule has 0 aliphatic carbocycles. The molecule has 0 spiro atoms. The van der Waals surface area contributed by atoms with Crippen LogP contribution in [0.2, 0.25) is 0 Å². The summed E-state index contributed by atoms with van der Waals surface area (Å²) in [6, 6.07) is 0. The van der Waals surface area contributed by atoms with Gasteiger partial charge >= 0.3 is 5.97 Å². The minimum atomic E-state index is -1.20. The van der Waals surface area contributed by atoms with Crippen molar-refractivity contribution in [3.05, 3.63) is 0 Å². The largest absolute Gasteiger partial charge is 0.480 e. The Morgan fingerprint density at radius 1 is 1.00 bits per heavy atom. The first kappa shape index (κ1) is 17.6. The minimum absolute atomic E-state index is 0.457.